The number of rotatable bonds is 8. The van der Waals surface area contributed by atoms with Crippen LogP contribution in [-0.2, 0) is 4.79 Å². The van der Waals surface area contributed by atoms with Gasteiger partial charge in [0, 0.05) is 30.0 Å². The number of carbonyl (C=O) groups excluding carboxylic acids is 1. The van der Waals surface area contributed by atoms with Crippen LogP contribution < -0.4 is 27.8 Å². The molecule has 1 aliphatic carbocycles. The SMILES string of the molecule is NCC1(N/C=C(/C(N)=O)C(N)=Nc2ccc(F)cc2)CCC(Nc2cccc(F)c2)CC1. The molecule has 2 aromatic carbocycles. The average molecular weight is 443 g/mol. The van der Waals surface area contributed by atoms with Gasteiger partial charge < -0.3 is 27.8 Å². The van der Waals surface area contributed by atoms with Gasteiger partial charge in [0.1, 0.15) is 17.5 Å². The average Bonchev–Trinajstić information content (AvgIpc) is 2.76. The van der Waals surface area contributed by atoms with E-state index in [4.69, 9.17) is 17.2 Å². The Kier molecular flexibility index (Phi) is 7.42. The summed E-state index contributed by atoms with van der Waals surface area (Å²) in [5, 5.41) is 6.59. The maximum atomic E-state index is 13.4. The van der Waals surface area contributed by atoms with E-state index >= 15 is 0 Å². The van der Waals surface area contributed by atoms with Crippen LogP contribution in [0.15, 0.2) is 65.3 Å². The number of nitrogens with one attached hydrogen (secondary N) is 2. The number of anilines is 1. The molecule has 0 aromatic heterocycles. The van der Waals surface area contributed by atoms with Crippen LogP contribution in [0.5, 0.6) is 0 Å². The fraction of sp³-hybridized carbons (Fsp3) is 0.304. The molecule has 170 valence electrons. The number of hydrogen-bond donors (Lipinski definition) is 5. The number of aliphatic imine (C=N–C) groups is 1. The van der Waals surface area contributed by atoms with Gasteiger partial charge in [-0.3, -0.25) is 4.79 Å². The molecule has 0 aliphatic heterocycles. The van der Waals surface area contributed by atoms with Crippen molar-refractivity contribution in [2.24, 2.45) is 22.2 Å². The summed E-state index contributed by atoms with van der Waals surface area (Å²) in [7, 11) is 0. The highest BCUT2D eigenvalue weighted by molar-refractivity contribution is 6.20. The Morgan fingerprint density at radius 1 is 1.09 bits per heavy atom. The molecule has 9 heteroatoms. The molecule has 2 aromatic rings. The minimum absolute atomic E-state index is 0.0159. The molecule has 1 aliphatic rings. The summed E-state index contributed by atoms with van der Waals surface area (Å²) in [6.45, 7) is 0.344. The molecule has 3 rings (SSSR count). The molecule has 7 nitrogen and oxygen atoms in total. The van der Waals surface area contributed by atoms with Gasteiger partial charge in [0.15, 0.2) is 0 Å². The summed E-state index contributed by atoms with van der Waals surface area (Å²) in [6, 6.07) is 11.9. The third-order valence-electron chi connectivity index (χ3n) is 5.67. The molecule has 0 heterocycles. The van der Waals surface area contributed by atoms with E-state index in [-0.39, 0.29) is 23.3 Å². The monoisotopic (exact) mass is 442 g/mol. The van der Waals surface area contributed by atoms with Crippen LogP contribution in [0.2, 0.25) is 0 Å². The summed E-state index contributed by atoms with van der Waals surface area (Å²) in [5.74, 6) is -1.50. The van der Waals surface area contributed by atoms with Crippen molar-refractivity contribution in [3.63, 3.8) is 0 Å². The lowest BCUT2D eigenvalue weighted by atomic mass is 9.79. The molecule has 8 N–H and O–H groups in total. The Hall–Kier alpha value is -3.46. The smallest absolute Gasteiger partial charge is 0.253 e. The standard InChI is InChI=1S/C23H28F2N6O/c24-15-4-6-17(7-5-15)31-21(27)20(22(28)32)13-29-23(14-26)10-8-18(9-11-23)30-19-3-1-2-16(25)12-19/h1-7,12-13,18,29-30H,8-11,14,26H2,(H2,27,31)(H2,28,32)/b20-13+. The van der Waals surface area contributed by atoms with Crippen LogP contribution in [-0.4, -0.2) is 29.9 Å². The number of amides is 1. The summed E-state index contributed by atoms with van der Waals surface area (Å²) in [6.07, 6.45) is 4.53. The topological polar surface area (TPSA) is 132 Å². The van der Waals surface area contributed by atoms with Crippen molar-refractivity contribution in [2.45, 2.75) is 37.3 Å². The zero-order chi connectivity index (χ0) is 23.1. The quantitative estimate of drug-likeness (QED) is 0.244. The van der Waals surface area contributed by atoms with Gasteiger partial charge in [-0.25, -0.2) is 13.8 Å². The third-order valence-corrected chi connectivity index (χ3v) is 5.67. The lowest BCUT2D eigenvalue weighted by molar-refractivity contribution is -0.114. The first-order valence-electron chi connectivity index (χ1n) is 10.4. The van der Waals surface area contributed by atoms with Crippen molar-refractivity contribution in [1.29, 1.82) is 0 Å². The molecule has 1 fully saturated rings. The molecule has 1 saturated carbocycles. The molecule has 0 spiro atoms. The number of halogens is 2. The normalized spacial score (nSPS) is 21.8. The molecule has 32 heavy (non-hydrogen) atoms. The van der Waals surface area contributed by atoms with E-state index in [2.05, 4.69) is 15.6 Å². The summed E-state index contributed by atoms with van der Waals surface area (Å²) in [5.41, 5.74) is 18.3. The Bertz CT molecular complexity index is 998. The second kappa shape index (κ2) is 10.2. The molecule has 0 bridgehead atoms. The van der Waals surface area contributed by atoms with E-state index in [0.717, 1.165) is 31.4 Å². The number of primary amides is 1. The lowest BCUT2D eigenvalue weighted by Gasteiger charge is -2.40. The van der Waals surface area contributed by atoms with E-state index in [1.54, 1.807) is 6.07 Å². The van der Waals surface area contributed by atoms with Crippen LogP contribution >= 0.6 is 0 Å². The minimum atomic E-state index is -0.741. The van der Waals surface area contributed by atoms with Gasteiger partial charge in [-0.2, -0.15) is 0 Å². The molecular formula is C23H28F2N6O. The van der Waals surface area contributed by atoms with Crippen molar-refractivity contribution < 1.29 is 13.6 Å². The Morgan fingerprint density at radius 2 is 1.78 bits per heavy atom. The van der Waals surface area contributed by atoms with Gasteiger partial charge in [0.05, 0.1) is 11.3 Å². The maximum absolute atomic E-state index is 13.4. The number of nitrogens with two attached hydrogens (primary N) is 3. The molecule has 0 radical (unpaired) electrons. The number of benzene rings is 2. The lowest BCUT2D eigenvalue weighted by Crippen LogP contribution is -2.53. The van der Waals surface area contributed by atoms with Gasteiger partial charge in [-0.1, -0.05) is 6.07 Å². The van der Waals surface area contributed by atoms with Gasteiger partial charge in [0.2, 0.25) is 0 Å². The Balaban J connectivity index is 1.67. The summed E-state index contributed by atoms with van der Waals surface area (Å²) in [4.78, 5) is 16.1. The first-order chi connectivity index (χ1) is 15.3. The highest BCUT2D eigenvalue weighted by Crippen LogP contribution is 2.30. The van der Waals surface area contributed by atoms with Gasteiger partial charge in [0.25, 0.3) is 5.91 Å². The molecular weight excluding hydrogens is 414 g/mol. The highest BCUT2D eigenvalue weighted by Gasteiger charge is 2.33. The number of amidine groups is 1. The van der Waals surface area contributed by atoms with E-state index in [9.17, 15) is 13.6 Å². The van der Waals surface area contributed by atoms with Crippen molar-refractivity contribution in [3.05, 3.63) is 71.9 Å². The van der Waals surface area contributed by atoms with Crippen molar-refractivity contribution >= 4 is 23.1 Å². The van der Waals surface area contributed by atoms with Crippen LogP contribution in [0, 0.1) is 11.6 Å². The molecule has 0 unspecified atom stereocenters. The fourth-order valence-corrected chi connectivity index (χ4v) is 3.75. The van der Waals surface area contributed by atoms with Gasteiger partial charge in [-0.15, -0.1) is 0 Å². The number of nitrogens with zero attached hydrogens (tertiary/aromatic N) is 1. The maximum Gasteiger partial charge on any atom is 0.253 e. The third kappa shape index (κ3) is 6.04. The largest absolute Gasteiger partial charge is 0.383 e. The predicted octanol–water partition coefficient (Wildman–Crippen LogP) is 2.66. The van der Waals surface area contributed by atoms with Crippen molar-refractivity contribution in [2.75, 3.05) is 11.9 Å². The Morgan fingerprint density at radius 3 is 2.38 bits per heavy atom. The number of hydrogen-bond acceptors (Lipinski definition) is 5. The van der Waals surface area contributed by atoms with Crippen LogP contribution in [0.25, 0.3) is 0 Å². The Labute approximate surface area is 185 Å². The fourth-order valence-electron chi connectivity index (χ4n) is 3.75. The van der Waals surface area contributed by atoms with Crippen molar-refractivity contribution in [1.82, 2.24) is 5.32 Å². The summed E-state index contributed by atoms with van der Waals surface area (Å²) >= 11 is 0. The van der Waals surface area contributed by atoms with E-state index < -0.39 is 17.3 Å². The van der Waals surface area contributed by atoms with E-state index in [1.807, 2.05) is 6.07 Å². The zero-order valence-corrected chi connectivity index (χ0v) is 17.7. The van der Waals surface area contributed by atoms with E-state index in [0.29, 0.717) is 12.2 Å². The molecule has 0 atom stereocenters. The second-order valence-corrected chi connectivity index (χ2v) is 7.95. The van der Waals surface area contributed by atoms with E-state index in [1.165, 1.54) is 42.6 Å². The van der Waals surface area contributed by atoms with Crippen LogP contribution in [0.4, 0.5) is 20.2 Å². The van der Waals surface area contributed by atoms with Crippen LogP contribution in [0.3, 0.4) is 0 Å². The number of carbonyl (C=O) groups is 1. The minimum Gasteiger partial charge on any atom is -0.383 e. The van der Waals surface area contributed by atoms with Crippen molar-refractivity contribution in [3.8, 4) is 0 Å². The van der Waals surface area contributed by atoms with Gasteiger partial charge in [-0.05, 0) is 68.1 Å². The summed E-state index contributed by atoms with van der Waals surface area (Å²) < 4.78 is 26.5. The second-order valence-electron chi connectivity index (χ2n) is 7.95. The van der Waals surface area contributed by atoms with Crippen LogP contribution in [0.1, 0.15) is 25.7 Å². The van der Waals surface area contributed by atoms with Gasteiger partial charge >= 0.3 is 0 Å². The zero-order valence-electron chi connectivity index (χ0n) is 17.7. The predicted molar refractivity (Wildman–Crippen MR) is 122 cm³/mol. The first-order valence-corrected chi connectivity index (χ1v) is 10.4. The molecule has 1 amide bonds. The highest BCUT2D eigenvalue weighted by atomic mass is 19.1. The first kappa shape index (κ1) is 23.2. The molecule has 0 saturated heterocycles.